The Hall–Kier alpha value is -5.36. The number of H-pyrrole nitrogens is 1. The summed E-state index contributed by atoms with van der Waals surface area (Å²) in [5.74, 6) is -1.37. The molecule has 3 aromatic rings. The number of methoxy groups -OCH3 is 2. The zero-order valence-electron chi connectivity index (χ0n) is 26.4. The number of benzene rings is 2. The predicted octanol–water partition coefficient (Wildman–Crippen LogP) is 3.07. The van der Waals surface area contributed by atoms with Crippen LogP contribution in [-0.2, 0) is 35.8 Å². The van der Waals surface area contributed by atoms with Crippen LogP contribution in [0.2, 0.25) is 0 Å². The van der Waals surface area contributed by atoms with Gasteiger partial charge in [0, 0.05) is 35.8 Å². The highest BCUT2D eigenvalue weighted by molar-refractivity contribution is 6.15. The number of carbonyl (C=O) groups is 4. The Morgan fingerprint density at radius 2 is 1.89 bits per heavy atom. The van der Waals surface area contributed by atoms with Gasteiger partial charge in [-0.1, -0.05) is 24.8 Å². The van der Waals surface area contributed by atoms with Gasteiger partial charge in [-0.05, 0) is 67.8 Å². The zero-order valence-corrected chi connectivity index (χ0v) is 26.4. The van der Waals surface area contributed by atoms with E-state index in [9.17, 15) is 19.2 Å². The first-order chi connectivity index (χ1) is 22.8. The van der Waals surface area contributed by atoms with Gasteiger partial charge in [0.1, 0.15) is 18.1 Å². The monoisotopic (exact) mass is 642 g/mol. The highest BCUT2D eigenvalue weighted by Gasteiger charge is 2.58. The molecule has 0 spiro atoms. The number of aromatic nitrogens is 1. The first-order valence-corrected chi connectivity index (χ1v) is 15.3. The molecule has 1 atom stereocenters. The molecule has 12 nitrogen and oxygen atoms in total. The smallest absolute Gasteiger partial charge is 0.343 e. The summed E-state index contributed by atoms with van der Waals surface area (Å²) >= 11 is 0. The lowest BCUT2D eigenvalue weighted by Gasteiger charge is -2.46. The molecule has 47 heavy (non-hydrogen) atoms. The number of esters is 2. The summed E-state index contributed by atoms with van der Waals surface area (Å²) in [5, 5.41) is 3.56. The van der Waals surface area contributed by atoms with Gasteiger partial charge in [0.25, 0.3) is 5.91 Å². The molecule has 0 radical (unpaired) electrons. The minimum absolute atomic E-state index is 0.0857. The number of hydrogen-bond acceptors (Lipinski definition) is 10. The second-order valence-electron chi connectivity index (χ2n) is 11.0. The van der Waals surface area contributed by atoms with Crippen LogP contribution in [-0.4, -0.2) is 80.6 Å². The number of nitrogens with two attached hydrogens (primary N) is 1. The van der Waals surface area contributed by atoms with Gasteiger partial charge in [-0.2, -0.15) is 0 Å². The van der Waals surface area contributed by atoms with E-state index in [2.05, 4.69) is 16.9 Å². The first kappa shape index (κ1) is 33.0. The van der Waals surface area contributed by atoms with Crippen LogP contribution in [0.15, 0.2) is 78.5 Å². The summed E-state index contributed by atoms with van der Waals surface area (Å²) in [4.78, 5) is 58.6. The summed E-state index contributed by atoms with van der Waals surface area (Å²) in [6.07, 6.45) is 6.58. The molecule has 12 heteroatoms. The molecule has 0 saturated heterocycles. The molecule has 2 aliphatic rings. The standard InChI is InChI=1S/C35H38N4O8/c1-4-17-46-29-10-6-5-9-25(29)31(41)22-18-27(33(42)44-2)35(34(43)45-3)32-24(13-16-39(35)20-22)26-19-23(11-12-28(26)38-32)47-21-30(40)37-15-8-7-14-36/h4-6,9-12,18-20,38H,1,7-8,13-17,21,36H2,2-3H3,(H,37,40). The van der Waals surface area contributed by atoms with E-state index >= 15 is 0 Å². The van der Waals surface area contributed by atoms with Crippen LogP contribution in [0.4, 0.5) is 0 Å². The summed E-state index contributed by atoms with van der Waals surface area (Å²) in [7, 11) is 2.45. The molecule has 4 N–H and O–H groups in total. The van der Waals surface area contributed by atoms with E-state index in [1.54, 1.807) is 59.6 Å². The van der Waals surface area contributed by atoms with Crippen molar-refractivity contribution in [1.29, 1.82) is 0 Å². The highest BCUT2D eigenvalue weighted by Crippen LogP contribution is 2.48. The molecule has 0 saturated carbocycles. The van der Waals surface area contributed by atoms with Crippen molar-refractivity contribution in [2.24, 2.45) is 5.73 Å². The highest BCUT2D eigenvalue weighted by atomic mass is 16.5. The third kappa shape index (κ3) is 6.24. The molecule has 2 aromatic carbocycles. The number of amides is 1. The van der Waals surface area contributed by atoms with Crippen LogP contribution in [0.5, 0.6) is 11.5 Å². The molecule has 1 unspecified atom stereocenters. The number of rotatable bonds is 14. The molecule has 2 aliphatic heterocycles. The SMILES string of the molecule is C=CCOc1ccccc1C(=O)C1=CN2CCc3c([nH]c4ccc(OCC(=O)NCCCCN)cc34)C2(C(=O)OC)C(C(=O)OC)=C1. The predicted molar refractivity (Wildman–Crippen MR) is 174 cm³/mol. The van der Waals surface area contributed by atoms with E-state index in [-0.39, 0.29) is 42.4 Å². The van der Waals surface area contributed by atoms with Crippen molar-refractivity contribution in [2.75, 3.05) is 47.1 Å². The molecule has 246 valence electrons. The number of aromatic amines is 1. The van der Waals surface area contributed by atoms with Crippen molar-refractivity contribution in [1.82, 2.24) is 15.2 Å². The van der Waals surface area contributed by atoms with E-state index in [0.717, 1.165) is 23.8 Å². The van der Waals surface area contributed by atoms with E-state index in [0.29, 0.717) is 42.2 Å². The van der Waals surface area contributed by atoms with Gasteiger partial charge in [-0.25, -0.2) is 9.59 Å². The maximum Gasteiger partial charge on any atom is 0.343 e. The maximum atomic E-state index is 13.9. The second kappa shape index (κ2) is 14.4. The number of unbranched alkanes of at least 4 members (excludes halogenated alkanes) is 1. The van der Waals surface area contributed by atoms with Crippen LogP contribution in [0.3, 0.4) is 0 Å². The fraction of sp³-hybridized carbons (Fsp3) is 0.314. The largest absolute Gasteiger partial charge is 0.489 e. The lowest BCUT2D eigenvalue weighted by atomic mass is 9.75. The Morgan fingerprint density at radius 1 is 1.09 bits per heavy atom. The number of ketones is 1. The van der Waals surface area contributed by atoms with Crippen molar-refractivity contribution in [2.45, 2.75) is 24.8 Å². The lowest BCUT2D eigenvalue weighted by molar-refractivity contribution is -0.156. The van der Waals surface area contributed by atoms with Crippen molar-refractivity contribution in [3.63, 3.8) is 0 Å². The molecular formula is C35H38N4O8. The number of carbonyl (C=O) groups excluding carboxylic acids is 4. The topological polar surface area (TPSA) is 162 Å². The molecule has 1 aromatic heterocycles. The molecule has 1 amide bonds. The molecule has 3 heterocycles. The Bertz CT molecular complexity index is 1770. The fourth-order valence-corrected chi connectivity index (χ4v) is 6.04. The van der Waals surface area contributed by atoms with E-state index in [4.69, 9.17) is 24.7 Å². The third-order valence-electron chi connectivity index (χ3n) is 8.22. The molecule has 0 fully saturated rings. The fourth-order valence-electron chi connectivity index (χ4n) is 6.04. The van der Waals surface area contributed by atoms with Crippen molar-refractivity contribution < 1.29 is 38.1 Å². The molecular weight excluding hydrogens is 604 g/mol. The number of allylic oxidation sites excluding steroid dienone is 2. The van der Waals surface area contributed by atoms with Gasteiger partial charge in [0.15, 0.2) is 12.4 Å². The number of fused-ring (bicyclic) bond motifs is 5. The third-order valence-corrected chi connectivity index (χ3v) is 8.22. The lowest BCUT2D eigenvalue weighted by Crippen LogP contribution is -2.58. The van der Waals surface area contributed by atoms with Crippen LogP contribution in [0, 0.1) is 0 Å². The Balaban J connectivity index is 1.54. The van der Waals surface area contributed by atoms with Gasteiger partial charge in [0.05, 0.1) is 31.1 Å². The number of nitrogens with one attached hydrogen (secondary N) is 2. The van der Waals surface area contributed by atoms with Crippen LogP contribution in [0.25, 0.3) is 10.9 Å². The Kier molecular flexibility index (Phi) is 10.1. The molecule has 5 rings (SSSR count). The summed E-state index contributed by atoms with van der Waals surface area (Å²) in [6.45, 7) is 5.03. The summed E-state index contributed by atoms with van der Waals surface area (Å²) in [6, 6.07) is 12.1. The number of hydrogen-bond donors (Lipinski definition) is 3. The Labute approximate surface area is 272 Å². The van der Waals surface area contributed by atoms with Gasteiger partial charge in [0.2, 0.25) is 5.54 Å². The molecule has 0 aliphatic carbocycles. The van der Waals surface area contributed by atoms with Gasteiger partial charge in [-0.3, -0.25) is 9.59 Å². The zero-order chi connectivity index (χ0) is 33.6. The van der Waals surface area contributed by atoms with Gasteiger partial charge < -0.3 is 39.9 Å². The van der Waals surface area contributed by atoms with Crippen LogP contribution < -0.4 is 20.5 Å². The van der Waals surface area contributed by atoms with E-state index in [1.165, 1.54) is 20.3 Å². The van der Waals surface area contributed by atoms with Crippen molar-refractivity contribution >= 4 is 34.5 Å². The number of nitrogens with zero attached hydrogens (tertiary/aromatic N) is 1. The number of Topliss-reactive ketones (excluding diaryl/α,β-unsaturated/α-hetero) is 1. The molecule has 0 bridgehead atoms. The van der Waals surface area contributed by atoms with Gasteiger partial charge in [-0.15, -0.1) is 0 Å². The van der Waals surface area contributed by atoms with Crippen molar-refractivity contribution in [3.8, 4) is 11.5 Å². The minimum atomic E-state index is -1.78. The van der Waals surface area contributed by atoms with Gasteiger partial charge >= 0.3 is 11.9 Å². The summed E-state index contributed by atoms with van der Waals surface area (Å²) < 4.78 is 22.0. The average molecular weight is 643 g/mol. The number of para-hydroxylation sites is 1. The number of ether oxygens (including phenoxy) is 4. The minimum Gasteiger partial charge on any atom is -0.489 e. The van der Waals surface area contributed by atoms with E-state index in [1.807, 2.05) is 0 Å². The van der Waals surface area contributed by atoms with Crippen LogP contribution in [0.1, 0.15) is 34.5 Å². The second-order valence-corrected chi connectivity index (χ2v) is 11.0. The normalized spacial score (nSPS) is 16.6. The Morgan fingerprint density at radius 3 is 2.64 bits per heavy atom. The van der Waals surface area contributed by atoms with E-state index < -0.39 is 23.3 Å². The average Bonchev–Trinajstić information content (AvgIpc) is 3.48. The maximum absolute atomic E-state index is 13.9. The van der Waals surface area contributed by atoms with Crippen LogP contribution >= 0.6 is 0 Å². The quantitative estimate of drug-likeness (QED) is 0.103. The first-order valence-electron chi connectivity index (χ1n) is 15.3. The summed E-state index contributed by atoms with van der Waals surface area (Å²) in [5.41, 5.74) is 5.95. The van der Waals surface area contributed by atoms with Crippen molar-refractivity contribution in [3.05, 3.63) is 95.4 Å².